The van der Waals surface area contributed by atoms with Crippen molar-refractivity contribution in [3.63, 3.8) is 0 Å². The minimum absolute atomic E-state index is 0.183. The Bertz CT molecular complexity index is 634. The molecule has 2 heterocycles. The average Bonchev–Trinajstić information content (AvgIpc) is 2.98. The molecule has 9 heteroatoms. The monoisotopic (exact) mass is 295 g/mol. The summed E-state index contributed by atoms with van der Waals surface area (Å²) in [6, 6.07) is 1.51. The van der Waals surface area contributed by atoms with Gasteiger partial charge in [0.1, 0.15) is 10.8 Å². The van der Waals surface area contributed by atoms with Crippen LogP contribution in [0.25, 0.3) is 0 Å². The number of rotatable bonds is 3. The SMILES string of the molecule is Cc1cc(NC(=O)C(=O)Nc2nnc(C(C)C)s2)no1. The highest BCUT2D eigenvalue weighted by molar-refractivity contribution is 7.15. The Morgan fingerprint density at radius 2 is 1.95 bits per heavy atom. The molecular weight excluding hydrogens is 282 g/mol. The average molecular weight is 295 g/mol. The highest BCUT2D eigenvalue weighted by Gasteiger charge is 2.18. The lowest BCUT2D eigenvalue weighted by Gasteiger charge is -2.00. The van der Waals surface area contributed by atoms with Gasteiger partial charge >= 0.3 is 11.8 Å². The summed E-state index contributed by atoms with van der Waals surface area (Å²) in [4.78, 5) is 23.3. The number of carbonyl (C=O) groups is 2. The number of aromatic nitrogens is 3. The number of hydrogen-bond acceptors (Lipinski definition) is 7. The molecule has 0 saturated carbocycles. The van der Waals surface area contributed by atoms with Gasteiger partial charge in [-0.15, -0.1) is 10.2 Å². The second-order valence-electron chi connectivity index (χ2n) is 4.33. The third-order valence-corrected chi connectivity index (χ3v) is 3.37. The zero-order chi connectivity index (χ0) is 14.7. The fraction of sp³-hybridized carbons (Fsp3) is 0.364. The van der Waals surface area contributed by atoms with E-state index in [9.17, 15) is 9.59 Å². The highest BCUT2D eigenvalue weighted by atomic mass is 32.1. The number of amides is 2. The molecule has 0 aliphatic rings. The maximum atomic E-state index is 11.7. The van der Waals surface area contributed by atoms with E-state index in [0.717, 1.165) is 5.01 Å². The topological polar surface area (TPSA) is 110 Å². The second-order valence-corrected chi connectivity index (χ2v) is 5.34. The van der Waals surface area contributed by atoms with E-state index in [4.69, 9.17) is 4.52 Å². The molecule has 0 aliphatic heterocycles. The molecule has 0 unspecified atom stereocenters. The van der Waals surface area contributed by atoms with E-state index in [1.807, 2.05) is 13.8 Å². The molecule has 20 heavy (non-hydrogen) atoms. The molecule has 0 spiro atoms. The number of nitrogens with one attached hydrogen (secondary N) is 2. The number of aryl methyl sites for hydroxylation is 1. The molecule has 0 fully saturated rings. The van der Waals surface area contributed by atoms with E-state index in [0.29, 0.717) is 5.76 Å². The summed E-state index contributed by atoms with van der Waals surface area (Å²) < 4.78 is 4.78. The van der Waals surface area contributed by atoms with Gasteiger partial charge < -0.3 is 4.52 Å². The van der Waals surface area contributed by atoms with Crippen molar-refractivity contribution in [2.24, 2.45) is 0 Å². The van der Waals surface area contributed by atoms with Crippen LogP contribution in [0.2, 0.25) is 0 Å². The zero-order valence-corrected chi connectivity index (χ0v) is 11.9. The summed E-state index contributed by atoms with van der Waals surface area (Å²) in [5.41, 5.74) is 0. The Labute approximate surface area is 118 Å². The van der Waals surface area contributed by atoms with Crippen LogP contribution in [-0.4, -0.2) is 27.2 Å². The van der Waals surface area contributed by atoms with E-state index in [2.05, 4.69) is 26.0 Å². The Balaban J connectivity index is 1.95. The molecule has 0 aliphatic carbocycles. The predicted octanol–water partition coefficient (Wildman–Crippen LogP) is 1.54. The summed E-state index contributed by atoms with van der Waals surface area (Å²) in [5, 5.41) is 17.0. The molecule has 0 bridgehead atoms. The minimum atomic E-state index is -0.848. The Kier molecular flexibility index (Phi) is 4.08. The number of anilines is 2. The number of hydrogen-bond donors (Lipinski definition) is 2. The smallest absolute Gasteiger partial charge is 0.315 e. The van der Waals surface area contributed by atoms with E-state index in [1.54, 1.807) is 6.92 Å². The van der Waals surface area contributed by atoms with Gasteiger partial charge in [-0.1, -0.05) is 30.3 Å². The normalized spacial score (nSPS) is 10.6. The summed E-state index contributed by atoms with van der Waals surface area (Å²) in [6.07, 6.45) is 0. The molecular formula is C11H13N5O3S. The van der Waals surface area contributed by atoms with Crippen molar-refractivity contribution in [1.29, 1.82) is 0 Å². The van der Waals surface area contributed by atoms with E-state index in [1.165, 1.54) is 17.4 Å². The molecule has 0 saturated heterocycles. The summed E-state index contributed by atoms with van der Waals surface area (Å²) in [6.45, 7) is 5.61. The Hall–Kier alpha value is -2.29. The first-order valence-electron chi connectivity index (χ1n) is 5.84. The van der Waals surface area contributed by atoms with Crippen LogP contribution in [-0.2, 0) is 9.59 Å². The van der Waals surface area contributed by atoms with Crippen molar-refractivity contribution in [2.75, 3.05) is 10.6 Å². The van der Waals surface area contributed by atoms with Crippen molar-refractivity contribution >= 4 is 34.1 Å². The Morgan fingerprint density at radius 3 is 2.50 bits per heavy atom. The van der Waals surface area contributed by atoms with Gasteiger partial charge in [0.2, 0.25) is 5.13 Å². The number of nitrogens with zero attached hydrogens (tertiary/aromatic N) is 3. The first kappa shape index (κ1) is 14.1. The first-order valence-corrected chi connectivity index (χ1v) is 6.66. The maximum Gasteiger partial charge on any atom is 0.315 e. The highest BCUT2D eigenvalue weighted by Crippen LogP contribution is 2.22. The molecule has 8 nitrogen and oxygen atoms in total. The summed E-state index contributed by atoms with van der Waals surface area (Å²) in [7, 11) is 0. The zero-order valence-electron chi connectivity index (χ0n) is 11.1. The molecule has 0 radical (unpaired) electrons. The quantitative estimate of drug-likeness (QED) is 0.831. The van der Waals surface area contributed by atoms with Crippen LogP contribution in [0.3, 0.4) is 0 Å². The van der Waals surface area contributed by atoms with Crippen molar-refractivity contribution in [2.45, 2.75) is 26.7 Å². The molecule has 2 N–H and O–H groups in total. The molecule has 2 aromatic heterocycles. The maximum absolute atomic E-state index is 11.7. The van der Waals surface area contributed by atoms with E-state index < -0.39 is 11.8 Å². The minimum Gasteiger partial charge on any atom is -0.360 e. The third-order valence-electron chi connectivity index (χ3n) is 2.23. The number of carbonyl (C=O) groups excluding carboxylic acids is 2. The van der Waals surface area contributed by atoms with Crippen LogP contribution < -0.4 is 10.6 Å². The van der Waals surface area contributed by atoms with Gasteiger partial charge in [-0.3, -0.25) is 20.2 Å². The molecule has 2 aromatic rings. The molecule has 2 rings (SSSR count). The van der Waals surface area contributed by atoms with Gasteiger partial charge in [0.25, 0.3) is 0 Å². The third kappa shape index (κ3) is 3.38. The lowest BCUT2D eigenvalue weighted by atomic mass is 10.2. The molecule has 106 valence electrons. The van der Waals surface area contributed by atoms with Gasteiger partial charge in [0, 0.05) is 12.0 Å². The van der Waals surface area contributed by atoms with Crippen LogP contribution in [0, 0.1) is 6.92 Å². The van der Waals surface area contributed by atoms with Gasteiger partial charge in [-0.25, -0.2) is 0 Å². The standard InChI is InChI=1S/C11H13N5O3S/c1-5(2)10-14-15-11(20-10)13-9(18)8(17)12-7-4-6(3)19-16-7/h4-5H,1-3H3,(H,12,16,17)(H,13,15,18). The fourth-order valence-corrected chi connectivity index (χ4v) is 2.01. The first-order chi connectivity index (χ1) is 9.45. The van der Waals surface area contributed by atoms with Gasteiger partial charge in [-0.2, -0.15) is 0 Å². The summed E-state index contributed by atoms with van der Waals surface area (Å²) >= 11 is 1.23. The molecule has 0 atom stereocenters. The molecule has 0 aromatic carbocycles. The van der Waals surface area contributed by atoms with Crippen LogP contribution in [0.15, 0.2) is 10.6 Å². The van der Waals surface area contributed by atoms with Crippen LogP contribution in [0.5, 0.6) is 0 Å². The van der Waals surface area contributed by atoms with Crippen molar-refractivity contribution in [3.05, 3.63) is 16.8 Å². The lowest BCUT2D eigenvalue weighted by Crippen LogP contribution is -2.29. The van der Waals surface area contributed by atoms with E-state index in [-0.39, 0.29) is 16.9 Å². The van der Waals surface area contributed by atoms with Crippen molar-refractivity contribution in [3.8, 4) is 0 Å². The molecule has 2 amide bonds. The fourth-order valence-electron chi connectivity index (χ4n) is 1.27. The van der Waals surface area contributed by atoms with Gasteiger partial charge in [0.15, 0.2) is 5.82 Å². The van der Waals surface area contributed by atoms with E-state index >= 15 is 0 Å². The lowest BCUT2D eigenvalue weighted by molar-refractivity contribution is -0.133. The summed E-state index contributed by atoms with van der Waals surface area (Å²) in [5.74, 6) is -0.754. The largest absolute Gasteiger partial charge is 0.360 e. The van der Waals surface area contributed by atoms with Gasteiger partial charge in [-0.05, 0) is 6.92 Å². The van der Waals surface area contributed by atoms with Crippen LogP contribution in [0.1, 0.15) is 30.5 Å². The van der Waals surface area contributed by atoms with Gasteiger partial charge in [0.05, 0.1) is 0 Å². The Morgan fingerprint density at radius 1 is 1.25 bits per heavy atom. The van der Waals surface area contributed by atoms with Crippen LogP contribution in [0.4, 0.5) is 10.9 Å². The van der Waals surface area contributed by atoms with Crippen molar-refractivity contribution in [1.82, 2.24) is 15.4 Å². The van der Waals surface area contributed by atoms with Crippen molar-refractivity contribution < 1.29 is 14.1 Å². The van der Waals surface area contributed by atoms with Crippen LogP contribution >= 0.6 is 11.3 Å². The predicted molar refractivity (Wildman–Crippen MR) is 72.5 cm³/mol. The second kappa shape index (κ2) is 5.78.